The molecular weight excluding hydrogens is 355 g/mol. The van der Waals surface area contributed by atoms with Crippen LogP contribution in [0.4, 0.5) is 0 Å². The van der Waals surface area contributed by atoms with E-state index in [1.165, 1.54) is 0 Å². The minimum Gasteiger partial charge on any atom is -0.497 e. The molecule has 1 N–H and O–H groups in total. The fraction of sp³-hybridized carbons (Fsp3) is 0.333. The third-order valence-electron chi connectivity index (χ3n) is 5.20. The first kappa shape index (κ1) is 20.1. The molecule has 1 aliphatic rings. The molecule has 2 aromatic carbocycles. The van der Waals surface area contributed by atoms with Gasteiger partial charge in [0.15, 0.2) is 0 Å². The smallest absolute Gasteiger partial charge is 0.495 e. The summed E-state index contributed by atoms with van der Waals surface area (Å²) in [7, 11) is 1.06. The molecule has 2 aromatic rings. The molecule has 1 aliphatic heterocycles. The Balaban J connectivity index is 1.74. The molecule has 0 aliphatic carbocycles. The minimum atomic E-state index is -0.498. The van der Waals surface area contributed by atoms with Crippen LogP contribution < -0.4 is 15.6 Å². The van der Waals surface area contributed by atoms with Crippen LogP contribution in [0, 0.1) is 0 Å². The van der Waals surface area contributed by atoms with Gasteiger partial charge in [-0.1, -0.05) is 30.3 Å². The predicted molar refractivity (Wildman–Crippen MR) is 110 cm³/mol. The van der Waals surface area contributed by atoms with Crippen LogP contribution in [0.5, 0.6) is 5.75 Å². The number of ether oxygens (including phenoxy) is 1. The summed E-state index contributed by atoms with van der Waals surface area (Å²) in [6, 6.07) is 14.6. The number of nitrogens with zero attached hydrogens (tertiary/aromatic N) is 1. The van der Waals surface area contributed by atoms with Gasteiger partial charge >= 0.3 is 7.12 Å². The third kappa shape index (κ3) is 4.10. The van der Waals surface area contributed by atoms with Crippen molar-refractivity contribution in [3.8, 4) is 5.75 Å². The summed E-state index contributed by atoms with van der Waals surface area (Å²) in [5.74, 6) is 0.297. The number of carbonyl (C=O) groups is 1. The lowest BCUT2D eigenvalue weighted by Crippen LogP contribution is -2.41. The molecule has 0 radical (unpaired) electrons. The van der Waals surface area contributed by atoms with E-state index in [-0.39, 0.29) is 5.91 Å². The summed E-state index contributed by atoms with van der Waals surface area (Å²) in [6.07, 6.45) is 1.60. The van der Waals surface area contributed by atoms with Gasteiger partial charge in [0, 0.05) is 5.56 Å². The fourth-order valence-corrected chi connectivity index (χ4v) is 2.80. The lowest BCUT2D eigenvalue weighted by Gasteiger charge is -2.32. The third-order valence-corrected chi connectivity index (χ3v) is 5.20. The molecule has 7 heteroatoms. The monoisotopic (exact) mass is 380 g/mol. The Kier molecular flexibility index (Phi) is 5.58. The first-order valence-electron chi connectivity index (χ1n) is 9.15. The average Bonchev–Trinajstić information content (AvgIpc) is 2.89. The van der Waals surface area contributed by atoms with Crippen LogP contribution in [0.15, 0.2) is 53.6 Å². The van der Waals surface area contributed by atoms with Crippen molar-refractivity contribution in [2.75, 3.05) is 7.11 Å². The van der Waals surface area contributed by atoms with Crippen LogP contribution in [-0.4, -0.2) is 37.6 Å². The second-order valence-corrected chi connectivity index (χ2v) is 7.65. The second kappa shape index (κ2) is 7.77. The largest absolute Gasteiger partial charge is 0.497 e. The minimum absolute atomic E-state index is 0.316. The maximum absolute atomic E-state index is 12.3. The van der Waals surface area contributed by atoms with Crippen LogP contribution in [-0.2, 0) is 9.31 Å². The molecule has 1 heterocycles. The number of carbonyl (C=O) groups excluding carboxylic acids is 1. The van der Waals surface area contributed by atoms with Gasteiger partial charge in [-0.3, -0.25) is 4.79 Å². The molecule has 1 saturated heterocycles. The number of rotatable bonds is 5. The van der Waals surface area contributed by atoms with Crippen LogP contribution in [0.2, 0.25) is 0 Å². The lowest BCUT2D eigenvalue weighted by atomic mass is 9.76. The van der Waals surface area contributed by atoms with Crippen LogP contribution in [0.1, 0.15) is 43.6 Å². The summed E-state index contributed by atoms with van der Waals surface area (Å²) in [4.78, 5) is 12.3. The number of methoxy groups -OCH3 is 1. The zero-order chi connectivity index (χ0) is 20.4. The van der Waals surface area contributed by atoms with Crippen LogP contribution >= 0.6 is 0 Å². The van der Waals surface area contributed by atoms with Gasteiger partial charge in [-0.15, -0.1) is 0 Å². The van der Waals surface area contributed by atoms with Gasteiger partial charge in [0.25, 0.3) is 5.91 Å². The van der Waals surface area contributed by atoms with Crippen molar-refractivity contribution in [3.63, 3.8) is 0 Å². The van der Waals surface area contributed by atoms with E-state index in [0.717, 1.165) is 11.0 Å². The zero-order valence-corrected chi connectivity index (χ0v) is 16.9. The number of benzene rings is 2. The zero-order valence-electron chi connectivity index (χ0n) is 16.9. The van der Waals surface area contributed by atoms with Gasteiger partial charge in [-0.25, -0.2) is 5.43 Å². The Labute approximate surface area is 166 Å². The molecule has 0 unspecified atom stereocenters. The standard InChI is InChI=1S/C21H25BN2O4/c1-20(2)21(3,4)28-22(27-20)18-12-7-6-9-16(18)14-23-24-19(25)15-10-8-11-17(13-15)26-5/h6-14H,1-5H3,(H,24,25)/b23-14+. The summed E-state index contributed by atoms with van der Waals surface area (Å²) in [6.45, 7) is 8.05. The molecular formula is C21H25BN2O4. The number of hydrazone groups is 1. The molecule has 0 spiro atoms. The van der Waals surface area contributed by atoms with Crippen molar-refractivity contribution in [3.05, 3.63) is 59.7 Å². The first-order valence-corrected chi connectivity index (χ1v) is 9.15. The maximum Gasteiger partial charge on any atom is 0.495 e. The number of hydrogen-bond acceptors (Lipinski definition) is 5. The predicted octanol–water partition coefficient (Wildman–Crippen LogP) is 2.76. The van der Waals surface area contributed by atoms with Crippen molar-refractivity contribution in [1.82, 2.24) is 5.43 Å². The topological polar surface area (TPSA) is 69.2 Å². The molecule has 1 amide bonds. The average molecular weight is 380 g/mol. The van der Waals surface area contributed by atoms with E-state index in [0.29, 0.717) is 11.3 Å². The second-order valence-electron chi connectivity index (χ2n) is 7.65. The van der Waals surface area contributed by atoms with Crippen molar-refractivity contribution in [2.24, 2.45) is 5.10 Å². The molecule has 1 fully saturated rings. The van der Waals surface area contributed by atoms with Gasteiger partial charge in [-0.2, -0.15) is 5.10 Å². The number of hydrogen-bond donors (Lipinski definition) is 1. The van der Waals surface area contributed by atoms with E-state index in [1.807, 2.05) is 52.0 Å². The molecule has 0 atom stereocenters. The van der Waals surface area contributed by atoms with E-state index >= 15 is 0 Å². The van der Waals surface area contributed by atoms with Gasteiger partial charge in [0.2, 0.25) is 0 Å². The highest BCUT2D eigenvalue weighted by Crippen LogP contribution is 2.36. The molecule has 28 heavy (non-hydrogen) atoms. The summed E-state index contributed by atoms with van der Waals surface area (Å²) in [5.41, 5.74) is 3.83. The Morgan fingerprint density at radius 3 is 2.43 bits per heavy atom. The lowest BCUT2D eigenvalue weighted by molar-refractivity contribution is 0.00578. The summed E-state index contributed by atoms with van der Waals surface area (Å²) < 4.78 is 17.4. The highest BCUT2D eigenvalue weighted by Gasteiger charge is 2.52. The number of amides is 1. The molecule has 3 rings (SSSR count). The van der Waals surface area contributed by atoms with Crippen molar-refractivity contribution < 1.29 is 18.8 Å². The Hall–Kier alpha value is -2.64. The van der Waals surface area contributed by atoms with Crippen LogP contribution in [0.3, 0.4) is 0 Å². The van der Waals surface area contributed by atoms with Crippen molar-refractivity contribution in [1.29, 1.82) is 0 Å². The van der Waals surface area contributed by atoms with E-state index in [9.17, 15) is 4.79 Å². The van der Waals surface area contributed by atoms with E-state index in [1.54, 1.807) is 37.6 Å². The Morgan fingerprint density at radius 2 is 1.75 bits per heavy atom. The molecule has 0 saturated carbocycles. The van der Waals surface area contributed by atoms with Gasteiger partial charge in [0.1, 0.15) is 5.75 Å². The quantitative estimate of drug-likeness (QED) is 0.492. The van der Waals surface area contributed by atoms with E-state index < -0.39 is 18.3 Å². The molecule has 0 bridgehead atoms. The normalized spacial score (nSPS) is 17.7. The van der Waals surface area contributed by atoms with E-state index in [2.05, 4.69) is 10.5 Å². The Bertz CT molecular complexity index is 879. The molecule has 6 nitrogen and oxygen atoms in total. The van der Waals surface area contributed by atoms with E-state index in [4.69, 9.17) is 14.0 Å². The maximum atomic E-state index is 12.3. The van der Waals surface area contributed by atoms with Gasteiger partial charge in [-0.05, 0) is 56.9 Å². The summed E-state index contributed by atoms with van der Waals surface area (Å²) in [5, 5.41) is 4.10. The van der Waals surface area contributed by atoms with Crippen molar-refractivity contribution >= 4 is 24.7 Å². The summed E-state index contributed by atoms with van der Waals surface area (Å²) >= 11 is 0. The highest BCUT2D eigenvalue weighted by molar-refractivity contribution is 6.63. The highest BCUT2D eigenvalue weighted by atomic mass is 16.7. The van der Waals surface area contributed by atoms with Gasteiger partial charge < -0.3 is 14.0 Å². The fourth-order valence-electron chi connectivity index (χ4n) is 2.80. The van der Waals surface area contributed by atoms with Crippen LogP contribution in [0.25, 0.3) is 0 Å². The SMILES string of the molecule is COc1cccc(C(=O)N/N=C/c2ccccc2B2OC(C)(C)C(C)(C)O2)c1. The Morgan fingerprint density at radius 1 is 1.07 bits per heavy atom. The molecule has 146 valence electrons. The molecule has 0 aromatic heterocycles. The first-order chi connectivity index (χ1) is 13.2. The van der Waals surface area contributed by atoms with Crippen molar-refractivity contribution in [2.45, 2.75) is 38.9 Å². The number of nitrogens with one attached hydrogen (secondary N) is 1. The van der Waals surface area contributed by atoms with Gasteiger partial charge in [0.05, 0.1) is 24.5 Å².